The van der Waals surface area contributed by atoms with Crippen molar-refractivity contribution in [2.75, 3.05) is 24.6 Å². The number of anilines is 1. The van der Waals surface area contributed by atoms with Gasteiger partial charge in [-0.2, -0.15) is 0 Å². The van der Waals surface area contributed by atoms with Gasteiger partial charge in [-0.3, -0.25) is 0 Å². The lowest BCUT2D eigenvalue weighted by Crippen LogP contribution is -2.36. The monoisotopic (exact) mass is 376 g/mol. The fraction of sp³-hybridized carbons (Fsp3) is 0.318. The summed E-state index contributed by atoms with van der Waals surface area (Å²) in [7, 11) is 0. The lowest BCUT2D eigenvalue weighted by molar-refractivity contribution is 0.0526. The normalized spacial score (nSPS) is 16.8. The standard InChI is InChI=1S/C22H24N4O2/c1-2-28-22(27)18-11-6-12-23-21(18)26-13-7-10-17(15-26)20-24-14-19(25-20)16-8-4-3-5-9-16/h3-6,8-9,11-12,14,17H,2,7,10,13,15H2,1H3,(H,24,25). The van der Waals surface area contributed by atoms with Crippen LogP contribution in [0, 0.1) is 0 Å². The van der Waals surface area contributed by atoms with Gasteiger partial charge >= 0.3 is 5.97 Å². The number of ether oxygens (including phenoxy) is 1. The van der Waals surface area contributed by atoms with E-state index in [4.69, 9.17) is 4.74 Å². The van der Waals surface area contributed by atoms with Gasteiger partial charge in [0, 0.05) is 25.2 Å². The molecule has 4 rings (SSSR count). The van der Waals surface area contributed by atoms with Crippen LogP contribution in [0.2, 0.25) is 0 Å². The van der Waals surface area contributed by atoms with Gasteiger partial charge in [-0.15, -0.1) is 0 Å². The van der Waals surface area contributed by atoms with E-state index in [1.54, 1.807) is 18.3 Å². The highest BCUT2D eigenvalue weighted by atomic mass is 16.5. The third-order valence-electron chi connectivity index (χ3n) is 5.07. The largest absolute Gasteiger partial charge is 0.462 e. The molecule has 1 fully saturated rings. The van der Waals surface area contributed by atoms with Crippen LogP contribution < -0.4 is 4.90 Å². The number of nitrogens with one attached hydrogen (secondary N) is 1. The number of aromatic amines is 1. The van der Waals surface area contributed by atoms with Crippen LogP contribution in [0.15, 0.2) is 54.9 Å². The molecule has 0 spiro atoms. The number of esters is 1. The number of hydrogen-bond donors (Lipinski definition) is 1. The summed E-state index contributed by atoms with van der Waals surface area (Å²) in [5.41, 5.74) is 2.68. The van der Waals surface area contributed by atoms with Gasteiger partial charge in [-0.1, -0.05) is 30.3 Å². The predicted octanol–water partition coefficient (Wildman–Crippen LogP) is 4.03. The van der Waals surface area contributed by atoms with E-state index >= 15 is 0 Å². The molecule has 0 radical (unpaired) electrons. The van der Waals surface area contributed by atoms with Crippen molar-refractivity contribution in [3.63, 3.8) is 0 Å². The summed E-state index contributed by atoms with van der Waals surface area (Å²) < 4.78 is 5.20. The average Bonchev–Trinajstić information content (AvgIpc) is 3.25. The maximum absolute atomic E-state index is 12.3. The van der Waals surface area contributed by atoms with E-state index in [2.05, 4.69) is 32.0 Å². The molecule has 6 nitrogen and oxygen atoms in total. The van der Waals surface area contributed by atoms with Crippen LogP contribution in [0.5, 0.6) is 0 Å². The van der Waals surface area contributed by atoms with Gasteiger partial charge < -0.3 is 14.6 Å². The van der Waals surface area contributed by atoms with Gasteiger partial charge in [0.1, 0.15) is 17.2 Å². The first-order chi connectivity index (χ1) is 13.8. The Bertz CT molecular complexity index is 938. The minimum absolute atomic E-state index is 0.267. The van der Waals surface area contributed by atoms with Crippen molar-refractivity contribution in [3.05, 3.63) is 66.2 Å². The number of carbonyl (C=O) groups excluding carboxylic acids is 1. The second-order valence-electron chi connectivity index (χ2n) is 6.93. The van der Waals surface area contributed by atoms with Crippen LogP contribution in [-0.4, -0.2) is 40.6 Å². The highest BCUT2D eigenvalue weighted by molar-refractivity contribution is 5.94. The molecule has 1 atom stereocenters. The number of nitrogens with zero attached hydrogens (tertiary/aromatic N) is 3. The third kappa shape index (κ3) is 3.76. The topological polar surface area (TPSA) is 71.1 Å². The van der Waals surface area contributed by atoms with Crippen molar-refractivity contribution in [3.8, 4) is 11.3 Å². The molecule has 0 aliphatic carbocycles. The van der Waals surface area contributed by atoms with Gasteiger partial charge in [0.15, 0.2) is 0 Å². The fourth-order valence-electron chi connectivity index (χ4n) is 3.72. The summed E-state index contributed by atoms with van der Waals surface area (Å²) in [6.45, 7) is 3.80. The van der Waals surface area contributed by atoms with E-state index in [0.29, 0.717) is 18.0 Å². The molecule has 0 saturated carbocycles. The molecule has 1 aliphatic heterocycles. The fourth-order valence-corrected chi connectivity index (χ4v) is 3.72. The van der Waals surface area contributed by atoms with E-state index in [1.165, 1.54) is 0 Å². The lowest BCUT2D eigenvalue weighted by Gasteiger charge is -2.33. The Morgan fingerprint density at radius 2 is 2.07 bits per heavy atom. The minimum atomic E-state index is -0.322. The Morgan fingerprint density at radius 3 is 2.89 bits per heavy atom. The SMILES string of the molecule is CCOC(=O)c1cccnc1N1CCCC(c2ncc(-c3ccccc3)[nH]2)C1. The number of carbonyl (C=O) groups is 1. The summed E-state index contributed by atoms with van der Waals surface area (Å²) in [5.74, 6) is 1.62. The first-order valence-corrected chi connectivity index (χ1v) is 9.73. The first-order valence-electron chi connectivity index (χ1n) is 9.73. The number of pyridine rings is 1. The maximum Gasteiger partial charge on any atom is 0.341 e. The van der Waals surface area contributed by atoms with Crippen molar-refractivity contribution in [1.29, 1.82) is 0 Å². The number of H-pyrrole nitrogens is 1. The third-order valence-corrected chi connectivity index (χ3v) is 5.07. The van der Waals surface area contributed by atoms with Gasteiger partial charge in [0.05, 0.1) is 18.5 Å². The van der Waals surface area contributed by atoms with Crippen LogP contribution in [0.1, 0.15) is 41.9 Å². The zero-order valence-corrected chi connectivity index (χ0v) is 16.0. The summed E-state index contributed by atoms with van der Waals surface area (Å²) in [4.78, 5) is 27.1. The Kier molecular flexibility index (Phi) is 5.37. The molecule has 28 heavy (non-hydrogen) atoms. The molecule has 0 amide bonds. The molecule has 2 aromatic heterocycles. The van der Waals surface area contributed by atoms with Crippen LogP contribution in [0.4, 0.5) is 5.82 Å². The molecule has 1 saturated heterocycles. The number of imidazole rings is 1. The molecule has 6 heteroatoms. The number of rotatable bonds is 5. The quantitative estimate of drug-likeness (QED) is 0.681. The van der Waals surface area contributed by atoms with Crippen LogP contribution in [-0.2, 0) is 4.74 Å². The van der Waals surface area contributed by atoms with Crippen LogP contribution in [0.25, 0.3) is 11.3 Å². The average molecular weight is 376 g/mol. The molecular weight excluding hydrogens is 352 g/mol. The van der Waals surface area contributed by atoms with E-state index in [-0.39, 0.29) is 11.9 Å². The summed E-state index contributed by atoms with van der Waals surface area (Å²) in [6.07, 6.45) is 5.70. The van der Waals surface area contributed by atoms with E-state index in [9.17, 15) is 4.79 Å². The molecule has 1 aliphatic rings. The molecule has 1 unspecified atom stereocenters. The zero-order chi connectivity index (χ0) is 19.3. The molecular formula is C22H24N4O2. The number of hydrogen-bond acceptors (Lipinski definition) is 5. The van der Waals surface area contributed by atoms with E-state index < -0.39 is 0 Å². The summed E-state index contributed by atoms with van der Waals surface area (Å²) in [6, 6.07) is 13.8. The Labute approximate surface area is 164 Å². The van der Waals surface area contributed by atoms with Crippen LogP contribution >= 0.6 is 0 Å². The second-order valence-corrected chi connectivity index (χ2v) is 6.93. The molecule has 1 aromatic carbocycles. The molecule has 3 heterocycles. The van der Waals surface area contributed by atoms with E-state index in [1.807, 2.05) is 31.3 Å². The Hall–Kier alpha value is -3.15. The lowest BCUT2D eigenvalue weighted by atomic mass is 9.97. The van der Waals surface area contributed by atoms with E-state index in [0.717, 1.165) is 43.0 Å². The smallest absolute Gasteiger partial charge is 0.341 e. The summed E-state index contributed by atoms with van der Waals surface area (Å²) >= 11 is 0. The van der Waals surface area contributed by atoms with Gasteiger partial charge in [-0.05, 0) is 37.5 Å². The van der Waals surface area contributed by atoms with Crippen molar-refractivity contribution in [2.24, 2.45) is 0 Å². The van der Waals surface area contributed by atoms with Crippen molar-refractivity contribution in [1.82, 2.24) is 15.0 Å². The highest BCUT2D eigenvalue weighted by Gasteiger charge is 2.27. The zero-order valence-electron chi connectivity index (χ0n) is 16.0. The van der Waals surface area contributed by atoms with Crippen molar-refractivity contribution >= 4 is 11.8 Å². The molecule has 144 valence electrons. The minimum Gasteiger partial charge on any atom is -0.462 e. The van der Waals surface area contributed by atoms with Crippen LogP contribution in [0.3, 0.4) is 0 Å². The summed E-state index contributed by atoms with van der Waals surface area (Å²) in [5, 5.41) is 0. The second kappa shape index (κ2) is 8.25. The van der Waals surface area contributed by atoms with Gasteiger partial charge in [-0.25, -0.2) is 14.8 Å². The number of aromatic nitrogens is 3. The molecule has 3 aromatic rings. The highest BCUT2D eigenvalue weighted by Crippen LogP contribution is 2.30. The van der Waals surface area contributed by atoms with Crippen molar-refractivity contribution in [2.45, 2.75) is 25.7 Å². The van der Waals surface area contributed by atoms with Gasteiger partial charge in [0.25, 0.3) is 0 Å². The Morgan fingerprint density at radius 1 is 1.21 bits per heavy atom. The van der Waals surface area contributed by atoms with Gasteiger partial charge in [0.2, 0.25) is 0 Å². The Balaban J connectivity index is 1.55. The maximum atomic E-state index is 12.3. The first kappa shape index (κ1) is 18.2. The molecule has 1 N–H and O–H groups in total. The molecule has 0 bridgehead atoms. The predicted molar refractivity (Wildman–Crippen MR) is 108 cm³/mol. The van der Waals surface area contributed by atoms with Crippen molar-refractivity contribution < 1.29 is 9.53 Å². The number of piperidine rings is 1. The number of benzene rings is 1.